The van der Waals surface area contributed by atoms with Gasteiger partial charge in [-0.2, -0.15) is 5.26 Å². The lowest BCUT2D eigenvalue weighted by molar-refractivity contribution is 0.194. The number of nitriles is 1. The molecule has 1 aromatic rings. The van der Waals surface area contributed by atoms with E-state index in [0.29, 0.717) is 5.92 Å². The van der Waals surface area contributed by atoms with E-state index in [1.54, 1.807) is 0 Å². The zero-order valence-corrected chi connectivity index (χ0v) is 12.8. The molecule has 2 nitrogen and oxygen atoms in total. The summed E-state index contributed by atoms with van der Waals surface area (Å²) in [7, 11) is 4.21. The lowest BCUT2D eigenvalue weighted by atomic mass is 9.62. The van der Waals surface area contributed by atoms with Gasteiger partial charge in [-0.05, 0) is 51.9 Å². The van der Waals surface area contributed by atoms with Crippen molar-refractivity contribution >= 4 is 0 Å². The van der Waals surface area contributed by atoms with E-state index < -0.39 is 0 Å². The quantitative estimate of drug-likeness (QED) is 0.802. The normalized spacial score (nSPS) is 26.4. The molecule has 1 aromatic carbocycles. The maximum absolute atomic E-state index is 9.87. The molecule has 20 heavy (non-hydrogen) atoms. The van der Waals surface area contributed by atoms with Gasteiger partial charge in [0.15, 0.2) is 0 Å². The SMILES string of the molecule is CN(C)CCCC1(C#N)CCCCC1c1ccccc1. The Kier molecular flexibility index (Phi) is 5.20. The molecule has 0 aromatic heterocycles. The average Bonchev–Trinajstić information content (AvgIpc) is 2.48. The topological polar surface area (TPSA) is 27.0 Å². The summed E-state index contributed by atoms with van der Waals surface area (Å²) >= 11 is 0. The Hall–Kier alpha value is -1.33. The minimum absolute atomic E-state index is 0.143. The molecule has 1 fully saturated rings. The zero-order chi connectivity index (χ0) is 14.4. The second kappa shape index (κ2) is 6.90. The number of hydrogen-bond donors (Lipinski definition) is 0. The van der Waals surface area contributed by atoms with E-state index in [1.165, 1.54) is 24.8 Å². The molecule has 0 aliphatic heterocycles. The van der Waals surface area contributed by atoms with Gasteiger partial charge in [-0.1, -0.05) is 43.2 Å². The largest absolute Gasteiger partial charge is 0.309 e. The number of rotatable bonds is 5. The molecule has 1 aliphatic carbocycles. The van der Waals surface area contributed by atoms with Crippen LogP contribution in [0.3, 0.4) is 0 Å². The highest BCUT2D eigenvalue weighted by Crippen LogP contribution is 2.49. The first-order chi connectivity index (χ1) is 9.68. The molecule has 2 heteroatoms. The van der Waals surface area contributed by atoms with E-state index in [-0.39, 0.29) is 5.41 Å². The Morgan fingerprint density at radius 3 is 2.65 bits per heavy atom. The van der Waals surface area contributed by atoms with Crippen molar-refractivity contribution < 1.29 is 0 Å². The Morgan fingerprint density at radius 1 is 1.25 bits per heavy atom. The molecule has 0 heterocycles. The first-order valence-corrected chi connectivity index (χ1v) is 7.79. The Bertz CT molecular complexity index is 446. The molecule has 0 N–H and O–H groups in total. The van der Waals surface area contributed by atoms with Gasteiger partial charge < -0.3 is 4.90 Å². The fourth-order valence-corrected chi connectivity index (χ4v) is 3.61. The fraction of sp³-hybridized carbons (Fsp3) is 0.611. The minimum atomic E-state index is -0.143. The van der Waals surface area contributed by atoms with Crippen LogP contribution in [0.5, 0.6) is 0 Å². The van der Waals surface area contributed by atoms with Gasteiger partial charge in [-0.15, -0.1) is 0 Å². The molecule has 1 saturated carbocycles. The summed E-state index contributed by atoms with van der Waals surface area (Å²) in [5.74, 6) is 0.421. The molecule has 0 saturated heterocycles. The van der Waals surface area contributed by atoms with E-state index in [9.17, 15) is 5.26 Å². The van der Waals surface area contributed by atoms with E-state index in [4.69, 9.17) is 0 Å². The highest BCUT2D eigenvalue weighted by molar-refractivity contribution is 5.26. The number of benzene rings is 1. The molecule has 0 amide bonds. The van der Waals surface area contributed by atoms with Gasteiger partial charge >= 0.3 is 0 Å². The van der Waals surface area contributed by atoms with Crippen LogP contribution in [0.15, 0.2) is 30.3 Å². The van der Waals surface area contributed by atoms with Crippen LogP contribution in [-0.2, 0) is 0 Å². The lowest BCUT2D eigenvalue weighted by Crippen LogP contribution is -2.32. The van der Waals surface area contributed by atoms with Gasteiger partial charge in [0, 0.05) is 5.92 Å². The van der Waals surface area contributed by atoms with Crippen LogP contribution in [0, 0.1) is 16.7 Å². The van der Waals surface area contributed by atoms with Crippen LogP contribution in [-0.4, -0.2) is 25.5 Å². The Balaban J connectivity index is 2.16. The molecule has 0 spiro atoms. The van der Waals surface area contributed by atoms with Crippen molar-refractivity contribution in [3.8, 4) is 6.07 Å². The van der Waals surface area contributed by atoms with Gasteiger partial charge in [0.05, 0.1) is 11.5 Å². The van der Waals surface area contributed by atoms with Gasteiger partial charge in [-0.3, -0.25) is 0 Å². The zero-order valence-electron chi connectivity index (χ0n) is 12.8. The molecule has 2 unspecified atom stereocenters. The summed E-state index contributed by atoms with van der Waals surface area (Å²) in [6, 6.07) is 13.4. The second-order valence-corrected chi connectivity index (χ2v) is 6.38. The van der Waals surface area contributed by atoms with Crippen LogP contribution in [0.4, 0.5) is 0 Å². The summed E-state index contributed by atoms with van der Waals surface area (Å²) in [5, 5.41) is 9.87. The van der Waals surface area contributed by atoms with Crippen LogP contribution in [0.2, 0.25) is 0 Å². The van der Waals surface area contributed by atoms with Crippen LogP contribution in [0.25, 0.3) is 0 Å². The van der Waals surface area contributed by atoms with E-state index >= 15 is 0 Å². The lowest BCUT2D eigenvalue weighted by Gasteiger charge is -2.39. The summed E-state index contributed by atoms with van der Waals surface area (Å²) in [6.45, 7) is 1.07. The van der Waals surface area contributed by atoms with Crippen molar-refractivity contribution in [1.82, 2.24) is 4.90 Å². The van der Waals surface area contributed by atoms with Crippen LogP contribution < -0.4 is 0 Å². The molecule has 108 valence electrons. The third-order valence-electron chi connectivity index (χ3n) is 4.69. The van der Waals surface area contributed by atoms with E-state index in [0.717, 1.165) is 25.8 Å². The maximum Gasteiger partial charge on any atom is 0.0696 e. The van der Waals surface area contributed by atoms with E-state index in [2.05, 4.69) is 55.4 Å². The van der Waals surface area contributed by atoms with Crippen molar-refractivity contribution in [2.75, 3.05) is 20.6 Å². The highest BCUT2D eigenvalue weighted by atomic mass is 15.0. The second-order valence-electron chi connectivity index (χ2n) is 6.38. The predicted molar refractivity (Wildman–Crippen MR) is 83.5 cm³/mol. The molecular weight excluding hydrogens is 244 g/mol. The molecule has 0 bridgehead atoms. The monoisotopic (exact) mass is 270 g/mol. The van der Waals surface area contributed by atoms with Crippen molar-refractivity contribution in [1.29, 1.82) is 5.26 Å². The highest BCUT2D eigenvalue weighted by Gasteiger charge is 2.41. The van der Waals surface area contributed by atoms with Crippen molar-refractivity contribution in [2.24, 2.45) is 5.41 Å². The average molecular weight is 270 g/mol. The third-order valence-corrected chi connectivity index (χ3v) is 4.69. The molecule has 2 rings (SSSR count). The first kappa shape index (κ1) is 15.1. The smallest absolute Gasteiger partial charge is 0.0696 e. The Labute approximate surface area is 123 Å². The van der Waals surface area contributed by atoms with E-state index in [1.807, 2.05) is 0 Å². The van der Waals surface area contributed by atoms with Gasteiger partial charge in [0.2, 0.25) is 0 Å². The van der Waals surface area contributed by atoms with Crippen molar-refractivity contribution in [2.45, 2.75) is 44.4 Å². The third kappa shape index (κ3) is 3.41. The van der Waals surface area contributed by atoms with Crippen LogP contribution >= 0.6 is 0 Å². The number of hydrogen-bond acceptors (Lipinski definition) is 2. The molecule has 2 atom stereocenters. The standard InChI is InChI=1S/C18H26N2/c1-20(2)14-8-13-18(15-19)12-7-6-11-17(18)16-9-4-3-5-10-16/h3-5,9-10,17H,6-8,11-14H2,1-2H3. The predicted octanol–water partition coefficient (Wildman–Crippen LogP) is 4.20. The van der Waals surface area contributed by atoms with Crippen LogP contribution in [0.1, 0.15) is 50.0 Å². The van der Waals surface area contributed by atoms with Gasteiger partial charge in [-0.25, -0.2) is 0 Å². The Morgan fingerprint density at radius 2 is 2.00 bits per heavy atom. The van der Waals surface area contributed by atoms with Gasteiger partial charge in [0.25, 0.3) is 0 Å². The summed E-state index contributed by atoms with van der Waals surface area (Å²) < 4.78 is 0. The maximum atomic E-state index is 9.87. The van der Waals surface area contributed by atoms with Crippen molar-refractivity contribution in [3.05, 3.63) is 35.9 Å². The molecular formula is C18H26N2. The summed E-state index contributed by atoms with van der Waals surface area (Å²) in [5.41, 5.74) is 1.22. The fourth-order valence-electron chi connectivity index (χ4n) is 3.61. The van der Waals surface area contributed by atoms with Gasteiger partial charge in [0.1, 0.15) is 0 Å². The first-order valence-electron chi connectivity index (χ1n) is 7.79. The molecule has 0 radical (unpaired) electrons. The van der Waals surface area contributed by atoms with Crippen molar-refractivity contribution in [3.63, 3.8) is 0 Å². The number of nitrogens with zero attached hydrogens (tertiary/aromatic N) is 2. The summed E-state index contributed by atoms with van der Waals surface area (Å²) in [6.07, 6.45) is 6.84. The summed E-state index contributed by atoms with van der Waals surface area (Å²) in [4.78, 5) is 2.21. The molecule has 1 aliphatic rings. The minimum Gasteiger partial charge on any atom is -0.309 e.